The first-order valence-corrected chi connectivity index (χ1v) is 7.21. The number of amides is 1. The Labute approximate surface area is 110 Å². The molecule has 1 heterocycles. The molecule has 102 valence electrons. The SMILES string of the molecule is CCCN=C1NC(=O)C2(CCC(C(C)C)CC2)N1. The molecule has 1 spiro atoms. The van der Waals surface area contributed by atoms with Crippen LogP contribution in [-0.4, -0.2) is 24.0 Å². The van der Waals surface area contributed by atoms with Gasteiger partial charge >= 0.3 is 0 Å². The fraction of sp³-hybridized carbons (Fsp3) is 0.857. The van der Waals surface area contributed by atoms with Crippen LogP contribution in [-0.2, 0) is 4.79 Å². The van der Waals surface area contributed by atoms with Crippen molar-refractivity contribution in [2.75, 3.05) is 6.54 Å². The van der Waals surface area contributed by atoms with Crippen molar-refractivity contribution in [2.45, 2.75) is 58.4 Å². The highest BCUT2D eigenvalue weighted by Gasteiger charge is 2.47. The summed E-state index contributed by atoms with van der Waals surface area (Å²) < 4.78 is 0. The number of carbonyl (C=O) groups is 1. The highest BCUT2D eigenvalue weighted by molar-refractivity contribution is 6.09. The lowest BCUT2D eigenvalue weighted by Crippen LogP contribution is -2.49. The van der Waals surface area contributed by atoms with E-state index in [1.165, 1.54) is 0 Å². The van der Waals surface area contributed by atoms with Gasteiger partial charge in [-0.25, -0.2) is 0 Å². The second kappa shape index (κ2) is 5.29. The molecule has 0 radical (unpaired) electrons. The standard InChI is InChI=1S/C14H25N3O/c1-4-9-15-13-16-12(18)14(17-13)7-5-11(6-8-14)10(2)3/h10-11H,4-9H2,1-3H3,(H2,15,16,17,18). The fourth-order valence-corrected chi connectivity index (χ4v) is 3.00. The van der Waals surface area contributed by atoms with Crippen LogP contribution in [0.2, 0.25) is 0 Å². The zero-order valence-corrected chi connectivity index (χ0v) is 11.8. The van der Waals surface area contributed by atoms with E-state index in [0.29, 0.717) is 5.96 Å². The van der Waals surface area contributed by atoms with Crippen molar-refractivity contribution in [3.8, 4) is 0 Å². The molecule has 1 saturated heterocycles. The summed E-state index contributed by atoms with van der Waals surface area (Å²) in [4.78, 5) is 16.5. The second-order valence-electron chi connectivity index (χ2n) is 5.97. The van der Waals surface area contributed by atoms with Gasteiger partial charge < -0.3 is 5.32 Å². The summed E-state index contributed by atoms with van der Waals surface area (Å²) in [6.07, 6.45) is 5.15. The summed E-state index contributed by atoms with van der Waals surface area (Å²) >= 11 is 0. The molecule has 0 aromatic rings. The van der Waals surface area contributed by atoms with E-state index in [0.717, 1.165) is 50.5 Å². The van der Waals surface area contributed by atoms with Gasteiger partial charge in [0.15, 0.2) is 5.96 Å². The zero-order chi connectivity index (χ0) is 13.2. The van der Waals surface area contributed by atoms with Gasteiger partial charge in [0.25, 0.3) is 5.91 Å². The van der Waals surface area contributed by atoms with E-state index in [4.69, 9.17) is 0 Å². The zero-order valence-electron chi connectivity index (χ0n) is 11.8. The summed E-state index contributed by atoms with van der Waals surface area (Å²) in [5, 5.41) is 6.23. The molecule has 2 aliphatic rings. The number of hydrogen-bond donors (Lipinski definition) is 2. The van der Waals surface area contributed by atoms with Crippen molar-refractivity contribution < 1.29 is 4.79 Å². The number of nitrogens with one attached hydrogen (secondary N) is 2. The van der Waals surface area contributed by atoms with Gasteiger partial charge in [0.2, 0.25) is 0 Å². The molecule has 0 unspecified atom stereocenters. The fourth-order valence-electron chi connectivity index (χ4n) is 3.00. The Morgan fingerprint density at radius 2 is 2.06 bits per heavy atom. The maximum atomic E-state index is 12.1. The topological polar surface area (TPSA) is 53.5 Å². The van der Waals surface area contributed by atoms with Crippen LogP contribution in [0, 0.1) is 11.8 Å². The highest BCUT2D eigenvalue weighted by Crippen LogP contribution is 2.37. The lowest BCUT2D eigenvalue weighted by molar-refractivity contribution is -0.125. The van der Waals surface area contributed by atoms with Gasteiger partial charge in [0.05, 0.1) is 0 Å². The summed E-state index contributed by atoms with van der Waals surface area (Å²) in [7, 11) is 0. The van der Waals surface area contributed by atoms with E-state index in [1.807, 2.05) is 0 Å². The third-order valence-corrected chi connectivity index (χ3v) is 4.34. The lowest BCUT2D eigenvalue weighted by atomic mass is 9.73. The first-order chi connectivity index (χ1) is 8.57. The summed E-state index contributed by atoms with van der Waals surface area (Å²) in [6, 6.07) is 0. The van der Waals surface area contributed by atoms with Crippen LogP contribution in [0.4, 0.5) is 0 Å². The molecule has 4 nitrogen and oxygen atoms in total. The normalized spacial score (nSPS) is 34.1. The maximum Gasteiger partial charge on any atom is 0.252 e. The third-order valence-electron chi connectivity index (χ3n) is 4.34. The Kier molecular flexibility index (Phi) is 3.93. The summed E-state index contributed by atoms with van der Waals surface area (Å²) in [5.41, 5.74) is -0.363. The van der Waals surface area contributed by atoms with Crippen molar-refractivity contribution in [1.29, 1.82) is 0 Å². The van der Waals surface area contributed by atoms with E-state index in [9.17, 15) is 4.79 Å². The molecule has 18 heavy (non-hydrogen) atoms. The summed E-state index contributed by atoms with van der Waals surface area (Å²) in [6.45, 7) is 7.41. The molecule has 4 heteroatoms. The van der Waals surface area contributed by atoms with Crippen LogP contribution in [0.1, 0.15) is 52.9 Å². The second-order valence-corrected chi connectivity index (χ2v) is 5.97. The number of hydrogen-bond acceptors (Lipinski definition) is 2. The average Bonchev–Trinajstić information content (AvgIpc) is 2.64. The minimum atomic E-state index is -0.363. The smallest absolute Gasteiger partial charge is 0.252 e. The summed E-state index contributed by atoms with van der Waals surface area (Å²) in [5.74, 6) is 2.30. The highest BCUT2D eigenvalue weighted by atomic mass is 16.2. The Hall–Kier alpha value is -1.06. The van der Waals surface area contributed by atoms with E-state index >= 15 is 0 Å². The van der Waals surface area contributed by atoms with Crippen molar-refractivity contribution in [3.05, 3.63) is 0 Å². The molecule has 2 rings (SSSR count). The maximum absolute atomic E-state index is 12.1. The van der Waals surface area contributed by atoms with Gasteiger partial charge in [0, 0.05) is 6.54 Å². The Morgan fingerprint density at radius 3 is 2.61 bits per heavy atom. The van der Waals surface area contributed by atoms with E-state index in [1.54, 1.807) is 0 Å². The molecular weight excluding hydrogens is 226 g/mol. The van der Waals surface area contributed by atoms with Crippen LogP contribution < -0.4 is 10.6 Å². The molecule has 1 amide bonds. The Bertz CT molecular complexity index is 341. The van der Waals surface area contributed by atoms with Crippen molar-refractivity contribution in [3.63, 3.8) is 0 Å². The van der Waals surface area contributed by atoms with Crippen molar-refractivity contribution in [1.82, 2.24) is 10.6 Å². The predicted molar refractivity (Wildman–Crippen MR) is 73.4 cm³/mol. The van der Waals surface area contributed by atoms with Gasteiger partial charge in [-0.2, -0.15) is 0 Å². The number of carbonyl (C=O) groups excluding carboxylic acids is 1. The molecule has 0 aromatic carbocycles. The van der Waals surface area contributed by atoms with Gasteiger partial charge in [-0.15, -0.1) is 0 Å². The molecule has 2 fully saturated rings. The van der Waals surface area contributed by atoms with Crippen LogP contribution >= 0.6 is 0 Å². The molecule has 0 aromatic heterocycles. The Balaban J connectivity index is 1.99. The minimum absolute atomic E-state index is 0.125. The predicted octanol–water partition coefficient (Wildman–Crippen LogP) is 2.06. The van der Waals surface area contributed by atoms with Gasteiger partial charge in [0.1, 0.15) is 5.54 Å². The number of aliphatic imine (C=N–C) groups is 1. The molecule has 1 saturated carbocycles. The number of guanidine groups is 1. The molecule has 0 bridgehead atoms. The van der Waals surface area contributed by atoms with Crippen LogP contribution in [0.25, 0.3) is 0 Å². The van der Waals surface area contributed by atoms with Crippen LogP contribution in [0.15, 0.2) is 4.99 Å². The minimum Gasteiger partial charge on any atom is -0.342 e. The van der Waals surface area contributed by atoms with E-state index in [2.05, 4.69) is 36.4 Å². The Morgan fingerprint density at radius 1 is 1.39 bits per heavy atom. The monoisotopic (exact) mass is 251 g/mol. The van der Waals surface area contributed by atoms with Crippen LogP contribution in [0.3, 0.4) is 0 Å². The molecule has 2 N–H and O–H groups in total. The average molecular weight is 251 g/mol. The third kappa shape index (κ3) is 2.52. The molecule has 1 aliphatic carbocycles. The van der Waals surface area contributed by atoms with Crippen molar-refractivity contribution in [2.24, 2.45) is 16.8 Å². The number of nitrogens with zero attached hydrogens (tertiary/aromatic N) is 1. The van der Waals surface area contributed by atoms with E-state index in [-0.39, 0.29) is 11.4 Å². The van der Waals surface area contributed by atoms with Gasteiger partial charge in [-0.05, 0) is 43.9 Å². The van der Waals surface area contributed by atoms with E-state index < -0.39 is 0 Å². The van der Waals surface area contributed by atoms with Gasteiger partial charge in [-0.1, -0.05) is 20.8 Å². The first kappa shape index (κ1) is 13.4. The number of rotatable bonds is 3. The quantitative estimate of drug-likeness (QED) is 0.806. The van der Waals surface area contributed by atoms with Gasteiger partial charge in [-0.3, -0.25) is 15.1 Å². The largest absolute Gasteiger partial charge is 0.342 e. The van der Waals surface area contributed by atoms with Crippen molar-refractivity contribution >= 4 is 11.9 Å². The lowest BCUT2D eigenvalue weighted by Gasteiger charge is -2.36. The first-order valence-electron chi connectivity index (χ1n) is 7.21. The molecule has 0 atom stereocenters. The molecule has 1 aliphatic heterocycles. The molecular formula is C14H25N3O. The van der Waals surface area contributed by atoms with Crippen LogP contribution in [0.5, 0.6) is 0 Å².